The number of rotatable bonds is 2. The minimum Gasteiger partial charge on any atom is -0.393 e. The number of aliphatic hydroxyl groups excluding tert-OH is 1. The summed E-state index contributed by atoms with van der Waals surface area (Å²) < 4.78 is 2.18. The van der Waals surface area contributed by atoms with Gasteiger partial charge >= 0.3 is 0 Å². The lowest BCUT2D eigenvalue weighted by Gasteiger charge is -2.18. The van der Waals surface area contributed by atoms with Gasteiger partial charge in [-0.15, -0.1) is 0 Å². The lowest BCUT2D eigenvalue weighted by atomic mass is 10.0. The van der Waals surface area contributed by atoms with Crippen molar-refractivity contribution in [1.29, 1.82) is 0 Å². The van der Waals surface area contributed by atoms with Crippen molar-refractivity contribution < 1.29 is 5.11 Å². The largest absolute Gasteiger partial charge is 0.393 e. The number of fused-ring (bicyclic) bond motifs is 1. The monoisotopic (exact) mass is 242 g/mol. The molecular weight excluding hydrogens is 224 g/mol. The Morgan fingerprint density at radius 1 is 1.39 bits per heavy atom. The van der Waals surface area contributed by atoms with Crippen LogP contribution in [0.1, 0.15) is 29.1 Å². The van der Waals surface area contributed by atoms with Crippen LogP contribution < -0.4 is 0 Å². The number of aryl methyl sites for hydroxylation is 2. The summed E-state index contributed by atoms with van der Waals surface area (Å²) in [6.07, 6.45) is 4.32. The molecule has 1 atom stereocenters. The standard InChI is InChI=1S/C15H18N2O/c1-11-4-2-3-5-12(11)8-13-10-17-7-6-14(18)9-15(17)16-13/h2-5,10,14,18H,6-9H2,1H3. The highest BCUT2D eigenvalue weighted by Gasteiger charge is 2.18. The van der Waals surface area contributed by atoms with Gasteiger partial charge in [-0.1, -0.05) is 24.3 Å². The van der Waals surface area contributed by atoms with Gasteiger partial charge in [-0.05, 0) is 24.5 Å². The van der Waals surface area contributed by atoms with E-state index < -0.39 is 0 Å². The second-order valence-electron chi connectivity index (χ2n) is 5.09. The number of benzene rings is 1. The molecule has 94 valence electrons. The maximum absolute atomic E-state index is 9.65. The Balaban J connectivity index is 1.84. The third-order valence-electron chi connectivity index (χ3n) is 3.66. The Kier molecular flexibility index (Phi) is 2.92. The maximum atomic E-state index is 9.65. The highest BCUT2D eigenvalue weighted by Crippen LogP contribution is 2.18. The van der Waals surface area contributed by atoms with Gasteiger partial charge in [-0.3, -0.25) is 0 Å². The molecule has 1 aliphatic rings. The van der Waals surface area contributed by atoms with Gasteiger partial charge in [0.25, 0.3) is 0 Å². The predicted molar refractivity (Wildman–Crippen MR) is 70.5 cm³/mol. The minimum atomic E-state index is -0.216. The van der Waals surface area contributed by atoms with Crippen LogP contribution in [-0.4, -0.2) is 20.8 Å². The van der Waals surface area contributed by atoms with Gasteiger partial charge < -0.3 is 9.67 Å². The zero-order chi connectivity index (χ0) is 12.5. The molecule has 1 aliphatic heterocycles. The maximum Gasteiger partial charge on any atom is 0.111 e. The number of aromatic nitrogens is 2. The van der Waals surface area contributed by atoms with Crippen LogP contribution in [0, 0.1) is 6.92 Å². The molecule has 0 bridgehead atoms. The molecule has 3 nitrogen and oxygen atoms in total. The smallest absolute Gasteiger partial charge is 0.111 e. The van der Waals surface area contributed by atoms with E-state index in [0.717, 1.165) is 30.9 Å². The van der Waals surface area contributed by atoms with Gasteiger partial charge in [0.1, 0.15) is 5.82 Å². The molecule has 3 rings (SSSR count). The fourth-order valence-electron chi connectivity index (χ4n) is 2.56. The fraction of sp³-hybridized carbons (Fsp3) is 0.400. The molecule has 0 amide bonds. The van der Waals surface area contributed by atoms with Crippen molar-refractivity contribution in [2.24, 2.45) is 0 Å². The van der Waals surface area contributed by atoms with Gasteiger partial charge in [-0.2, -0.15) is 0 Å². The van der Waals surface area contributed by atoms with Crippen molar-refractivity contribution in [3.63, 3.8) is 0 Å². The van der Waals surface area contributed by atoms with Crippen LogP contribution in [0.4, 0.5) is 0 Å². The Bertz CT molecular complexity index is 559. The summed E-state index contributed by atoms with van der Waals surface area (Å²) in [6, 6.07) is 8.42. The van der Waals surface area contributed by atoms with Crippen molar-refractivity contribution in [3.05, 3.63) is 53.1 Å². The van der Waals surface area contributed by atoms with E-state index in [9.17, 15) is 5.11 Å². The van der Waals surface area contributed by atoms with Gasteiger partial charge in [0.15, 0.2) is 0 Å². The van der Waals surface area contributed by atoms with Gasteiger partial charge in [-0.25, -0.2) is 4.98 Å². The first-order chi connectivity index (χ1) is 8.72. The number of imidazole rings is 1. The van der Waals surface area contributed by atoms with E-state index in [4.69, 9.17) is 0 Å². The van der Waals surface area contributed by atoms with Gasteiger partial charge in [0.05, 0.1) is 11.8 Å². The van der Waals surface area contributed by atoms with Crippen LogP contribution in [0.25, 0.3) is 0 Å². The molecule has 1 aromatic heterocycles. The molecule has 0 saturated carbocycles. The number of hydrogen-bond acceptors (Lipinski definition) is 2. The third kappa shape index (κ3) is 2.18. The van der Waals surface area contributed by atoms with Gasteiger partial charge in [0, 0.05) is 25.6 Å². The number of aliphatic hydroxyl groups is 1. The Labute approximate surface area is 107 Å². The van der Waals surface area contributed by atoms with Crippen LogP contribution in [0.5, 0.6) is 0 Å². The third-order valence-corrected chi connectivity index (χ3v) is 3.66. The first-order valence-corrected chi connectivity index (χ1v) is 6.50. The Hall–Kier alpha value is -1.61. The molecule has 0 radical (unpaired) electrons. The average molecular weight is 242 g/mol. The molecule has 0 aliphatic carbocycles. The molecule has 2 aromatic rings. The fourth-order valence-corrected chi connectivity index (χ4v) is 2.56. The van der Waals surface area contributed by atoms with E-state index in [2.05, 4.69) is 46.9 Å². The normalized spacial score (nSPS) is 18.7. The molecule has 2 heterocycles. The molecule has 18 heavy (non-hydrogen) atoms. The lowest BCUT2D eigenvalue weighted by Crippen LogP contribution is -2.22. The first-order valence-electron chi connectivity index (χ1n) is 6.50. The van der Waals surface area contributed by atoms with Crippen molar-refractivity contribution in [2.75, 3.05) is 0 Å². The first kappa shape index (κ1) is 11.5. The van der Waals surface area contributed by atoms with Crippen LogP contribution in [-0.2, 0) is 19.4 Å². The molecule has 0 saturated heterocycles. The minimum absolute atomic E-state index is 0.216. The topological polar surface area (TPSA) is 38.0 Å². The van der Waals surface area contributed by atoms with Crippen LogP contribution in [0.2, 0.25) is 0 Å². The summed E-state index contributed by atoms with van der Waals surface area (Å²) in [5, 5.41) is 9.65. The zero-order valence-corrected chi connectivity index (χ0v) is 10.6. The summed E-state index contributed by atoms with van der Waals surface area (Å²) in [6.45, 7) is 3.02. The van der Waals surface area contributed by atoms with E-state index in [-0.39, 0.29) is 6.10 Å². The molecule has 1 aromatic carbocycles. The van der Waals surface area contributed by atoms with Crippen molar-refractivity contribution in [1.82, 2.24) is 9.55 Å². The summed E-state index contributed by atoms with van der Waals surface area (Å²) in [4.78, 5) is 4.64. The zero-order valence-electron chi connectivity index (χ0n) is 10.6. The van der Waals surface area contributed by atoms with Crippen LogP contribution in [0.15, 0.2) is 30.5 Å². The molecule has 3 heteroatoms. The summed E-state index contributed by atoms with van der Waals surface area (Å²) in [7, 11) is 0. The van der Waals surface area contributed by atoms with E-state index in [1.165, 1.54) is 11.1 Å². The quantitative estimate of drug-likeness (QED) is 0.875. The second-order valence-corrected chi connectivity index (χ2v) is 5.09. The average Bonchev–Trinajstić information content (AvgIpc) is 2.73. The summed E-state index contributed by atoms with van der Waals surface area (Å²) >= 11 is 0. The van der Waals surface area contributed by atoms with E-state index >= 15 is 0 Å². The molecule has 1 unspecified atom stereocenters. The Morgan fingerprint density at radius 2 is 2.22 bits per heavy atom. The molecule has 1 N–H and O–H groups in total. The van der Waals surface area contributed by atoms with Crippen molar-refractivity contribution >= 4 is 0 Å². The van der Waals surface area contributed by atoms with E-state index in [1.807, 2.05) is 0 Å². The van der Waals surface area contributed by atoms with Gasteiger partial charge in [0.2, 0.25) is 0 Å². The van der Waals surface area contributed by atoms with Crippen molar-refractivity contribution in [3.8, 4) is 0 Å². The highest BCUT2D eigenvalue weighted by molar-refractivity contribution is 5.29. The van der Waals surface area contributed by atoms with Crippen LogP contribution >= 0.6 is 0 Å². The Morgan fingerprint density at radius 3 is 3.06 bits per heavy atom. The number of nitrogens with zero attached hydrogens (tertiary/aromatic N) is 2. The summed E-state index contributed by atoms with van der Waals surface area (Å²) in [5.74, 6) is 1.03. The molecule has 0 spiro atoms. The van der Waals surface area contributed by atoms with Crippen LogP contribution in [0.3, 0.4) is 0 Å². The second kappa shape index (κ2) is 4.58. The highest BCUT2D eigenvalue weighted by atomic mass is 16.3. The van der Waals surface area contributed by atoms with E-state index in [0.29, 0.717) is 6.42 Å². The van der Waals surface area contributed by atoms with Crippen molar-refractivity contribution in [2.45, 2.75) is 38.8 Å². The molecular formula is C15H18N2O. The number of hydrogen-bond donors (Lipinski definition) is 1. The molecule has 0 fully saturated rings. The SMILES string of the molecule is Cc1ccccc1Cc1cn2c(n1)CC(O)CC2. The predicted octanol–water partition coefficient (Wildman–Crippen LogP) is 2.09. The lowest BCUT2D eigenvalue weighted by molar-refractivity contribution is 0.141. The summed E-state index contributed by atoms with van der Waals surface area (Å²) in [5.41, 5.74) is 3.74. The van der Waals surface area contributed by atoms with E-state index in [1.54, 1.807) is 0 Å².